The van der Waals surface area contributed by atoms with Crippen LogP contribution in [0.4, 0.5) is 11.4 Å². The molecule has 0 aromatic heterocycles. The summed E-state index contributed by atoms with van der Waals surface area (Å²) < 4.78 is 5.01. The second kappa shape index (κ2) is 7.65. The van der Waals surface area contributed by atoms with E-state index in [-0.39, 0.29) is 36.1 Å². The number of carbonyl (C=O) groups is 5. The monoisotopic (exact) mass is 399 g/mol. The minimum atomic E-state index is -0.826. The molecule has 9 nitrogen and oxygen atoms in total. The van der Waals surface area contributed by atoms with Crippen LogP contribution in [0.25, 0.3) is 0 Å². The Morgan fingerprint density at radius 2 is 1.69 bits per heavy atom. The number of hydrogen-bond acceptors (Lipinski definition) is 6. The SMILES string of the molecule is O=C1CN(C(=O)COC(=O)CN2C(=O)[C@H]3CCCC[C@@H]3C2=O)c2ccccc2N1. The average Bonchev–Trinajstić information content (AvgIpc) is 2.96. The quantitative estimate of drug-likeness (QED) is 0.589. The van der Waals surface area contributed by atoms with Gasteiger partial charge in [0.05, 0.1) is 23.2 Å². The molecule has 1 N–H and O–H groups in total. The van der Waals surface area contributed by atoms with Crippen LogP contribution >= 0.6 is 0 Å². The van der Waals surface area contributed by atoms with Gasteiger partial charge in [0.1, 0.15) is 13.1 Å². The highest BCUT2D eigenvalue weighted by atomic mass is 16.5. The lowest BCUT2D eigenvalue weighted by atomic mass is 9.81. The molecule has 152 valence electrons. The highest BCUT2D eigenvalue weighted by Gasteiger charge is 2.48. The third-order valence-corrected chi connectivity index (χ3v) is 5.65. The zero-order valence-corrected chi connectivity index (χ0v) is 15.8. The third-order valence-electron chi connectivity index (χ3n) is 5.65. The van der Waals surface area contributed by atoms with Gasteiger partial charge >= 0.3 is 5.97 Å². The van der Waals surface area contributed by atoms with Crippen LogP contribution in [0.5, 0.6) is 0 Å². The van der Waals surface area contributed by atoms with E-state index in [1.807, 2.05) is 0 Å². The molecule has 29 heavy (non-hydrogen) atoms. The Labute approximate surface area is 167 Å². The zero-order valence-electron chi connectivity index (χ0n) is 15.8. The Morgan fingerprint density at radius 1 is 1.03 bits per heavy atom. The van der Waals surface area contributed by atoms with Crippen molar-refractivity contribution in [3.63, 3.8) is 0 Å². The lowest BCUT2D eigenvalue weighted by Crippen LogP contribution is -2.44. The second-order valence-electron chi connectivity index (χ2n) is 7.47. The summed E-state index contributed by atoms with van der Waals surface area (Å²) in [5.41, 5.74) is 1.02. The van der Waals surface area contributed by atoms with Crippen LogP contribution in [-0.4, -0.2) is 54.2 Å². The number of esters is 1. The van der Waals surface area contributed by atoms with Gasteiger partial charge in [-0.05, 0) is 25.0 Å². The Balaban J connectivity index is 1.35. The van der Waals surface area contributed by atoms with Gasteiger partial charge in [-0.1, -0.05) is 25.0 Å². The molecular weight excluding hydrogens is 378 g/mol. The Hall–Kier alpha value is -3.23. The van der Waals surface area contributed by atoms with Crippen LogP contribution < -0.4 is 10.2 Å². The first kappa shape index (κ1) is 19.1. The number of amides is 4. The van der Waals surface area contributed by atoms with Crippen LogP contribution in [0.3, 0.4) is 0 Å². The molecule has 2 aliphatic heterocycles. The van der Waals surface area contributed by atoms with Crippen molar-refractivity contribution in [2.45, 2.75) is 25.7 Å². The summed E-state index contributed by atoms with van der Waals surface area (Å²) >= 11 is 0. The number of nitrogens with one attached hydrogen (secondary N) is 1. The molecule has 2 atom stereocenters. The van der Waals surface area contributed by atoms with Crippen LogP contribution in [0, 0.1) is 11.8 Å². The molecule has 0 radical (unpaired) electrons. The average molecular weight is 399 g/mol. The van der Waals surface area contributed by atoms with Gasteiger partial charge in [-0.2, -0.15) is 0 Å². The highest BCUT2D eigenvalue weighted by molar-refractivity contribution is 6.10. The molecule has 4 rings (SSSR count). The number of hydrogen-bond donors (Lipinski definition) is 1. The van der Waals surface area contributed by atoms with Crippen LogP contribution in [0.1, 0.15) is 25.7 Å². The number of likely N-dealkylation sites (tertiary alicyclic amines) is 1. The maximum absolute atomic E-state index is 12.5. The van der Waals surface area contributed by atoms with Crippen molar-refractivity contribution < 1.29 is 28.7 Å². The molecule has 1 aromatic rings. The molecule has 4 amide bonds. The zero-order chi connectivity index (χ0) is 20.5. The molecule has 2 fully saturated rings. The number of imide groups is 1. The van der Waals surface area contributed by atoms with E-state index in [4.69, 9.17) is 4.74 Å². The van der Waals surface area contributed by atoms with E-state index in [0.717, 1.165) is 17.7 Å². The van der Waals surface area contributed by atoms with E-state index >= 15 is 0 Å². The summed E-state index contributed by atoms with van der Waals surface area (Å²) in [6, 6.07) is 6.81. The summed E-state index contributed by atoms with van der Waals surface area (Å²) in [5, 5.41) is 2.67. The molecule has 0 spiro atoms. The van der Waals surface area contributed by atoms with Crippen molar-refractivity contribution >= 4 is 41.0 Å². The van der Waals surface area contributed by atoms with Crippen molar-refractivity contribution in [2.75, 3.05) is 29.9 Å². The van der Waals surface area contributed by atoms with Gasteiger partial charge in [-0.15, -0.1) is 0 Å². The van der Waals surface area contributed by atoms with Gasteiger partial charge < -0.3 is 10.1 Å². The van der Waals surface area contributed by atoms with Crippen LogP contribution in [0.2, 0.25) is 0 Å². The predicted molar refractivity (Wildman–Crippen MR) is 101 cm³/mol. The van der Waals surface area contributed by atoms with E-state index < -0.39 is 25.0 Å². The highest BCUT2D eigenvalue weighted by Crippen LogP contribution is 2.37. The number of nitrogens with zero attached hydrogens (tertiary/aromatic N) is 2. The Morgan fingerprint density at radius 3 is 2.38 bits per heavy atom. The lowest BCUT2D eigenvalue weighted by Gasteiger charge is -2.28. The third kappa shape index (κ3) is 3.59. The Kier molecular flexibility index (Phi) is 5.04. The van der Waals surface area contributed by atoms with Gasteiger partial charge in [0.25, 0.3) is 5.91 Å². The predicted octanol–water partition coefficient (Wildman–Crippen LogP) is 0.690. The molecule has 0 unspecified atom stereocenters. The summed E-state index contributed by atoms with van der Waals surface area (Å²) in [6.07, 6.45) is 3.13. The summed E-state index contributed by atoms with van der Waals surface area (Å²) in [5.74, 6) is -3.07. The van der Waals surface area contributed by atoms with Gasteiger partial charge in [-0.3, -0.25) is 33.8 Å². The number of anilines is 2. The van der Waals surface area contributed by atoms with Gasteiger partial charge in [0.15, 0.2) is 6.61 Å². The summed E-state index contributed by atoms with van der Waals surface area (Å²) in [4.78, 5) is 63.5. The first-order valence-electron chi connectivity index (χ1n) is 9.66. The number of carbonyl (C=O) groups excluding carboxylic acids is 5. The van der Waals surface area contributed by atoms with Crippen molar-refractivity contribution in [3.05, 3.63) is 24.3 Å². The standard InChI is InChI=1S/C20H21N3O6/c24-16-9-22(15-8-4-3-7-14(15)21-16)17(25)11-29-18(26)10-23-19(27)12-5-1-2-6-13(12)20(23)28/h3-4,7-8,12-13H,1-2,5-6,9-11H2,(H,21,24)/t12-,13-/m0/s1. The van der Waals surface area contributed by atoms with Crippen molar-refractivity contribution in [1.29, 1.82) is 0 Å². The molecule has 1 saturated carbocycles. The van der Waals surface area contributed by atoms with Crippen LogP contribution in [0.15, 0.2) is 24.3 Å². The second-order valence-corrected chi connectivity index (χ2v) is 7.47. The first-order valence-corrected chi connectivity index (χ1v) is 9.66. The van der Waals surface area contributed by atoms with Crippen molar-refractivity contribution in [1.82, 2.24) is 4.90 Å². The van der Waals surface area contributed by atoms with Gasteiger partial charge in [0, 0.05) is 0 Å². The molecule has 1 saturated heterocycles. The lowest BCUT2D eigenvalue weighted by molar-refractivity contribution is -0.154. The molecule has 9 heteroatoms. The Bertz CT molecular complexity index is 874. The van der Waals surface area contributed by atoms with E-state index in [9.17, 15) is 24.0 Å². The number of rotatable bonds is 4. The molecule has 1 aromatic carbocycles. The number of para-hydroxylation sites is 2. The smallest absolute Gasteiger partial charge is 0.326 e. The maximum Gasteiger partial charge on any atom is 0.326 e. The fourth-order valence-corrected chi connectivity index (χ4v) is 4.24. The van der Waals surface area contributed by atoms with Crippen LogP contribution in [-0.2, 0) is 28.7 Å². The summed E-state index contributed by atoms with van der Waals surface area (Å²) in [6.45, 7) is -1.25. The van der Waals surface area contributed by atoms with Crippen molar-refractivity contribution in [3.8, 4) is 0 Å². The van der Waals surface area contributed by atoms with Gasteiger partial charge in [0.2, 0.25) is 17.7 Å². The fourth-order valence-electron chi connectivity index (χ4n) is 4.24. The molecular formula is C20H21N3O6. The molecule has 3 aliphatic rings. The van der Waals surface area contributed by atoms with Crippen molar-refractivity contribution in [2.24, 2.45) is 11.8 Å². The number of fused-ring (bicyclic) bond motifs is 2. The van der Waals surface area contributed by atoms with E-state index in [1.165, 1.54) is 4.90 Å². The topological polar surface area (TPSA) is 113 Å². The molecule has 2 heterocycles. The number of ether oxygens (including phenoxy) is 1. The summed E-state index contributed by atoms with van der Waals surface area (Å²) in [7, 11) is 0. The minimum absolute atomic E-state index is 0.181. The van der Waals surface area contributed by atoms with E-state index in [0.29, 0.717) is 24.2 Å². The maximum atomic E-state index is 12.5. The fraction of sp³-hybridized carbons (Fsp3) is 0.450. The van der Waals surface area contributed by atoms with E-state index in [2.05, 4.69) is 5.32 Å². The van der Waals surface area contributed by atoms with E-state index in [1.54, 1.807) is 24.3 Å². The molecule has 1 aliphatic carbocycles. The van der Waals surface area contributed by atoms with Gasteiger partial charge in [-0.25, -0.2) is 0 Å². The largest absolute Gasteiger partial charge is 0.454 e. The first-order chi connectivity index (χ1) is 14.0. The molecule has 0 bridgehead atoms. The minimum Gasteiger partial charge on any atom is -0.454 e. The normalized spacial score (nSPS) is 23.4. The number of benzene rings is 1.